The van der Waals surface area contributed by atoms with Crippen LogP contribution in [0.5, 0.6) is 5.75 Å². The number of aliphatic hydroxyl groups excluding tert-OH is 1. The number of thiazole rings is 1. The van der Waals surface area contributed by atoms with Crippen LogP contribution >= 0.6 is 11.3 Å². The van der Waals surface area contributed by atoms with Gasteiger partial charge in [-0.25, -0.2) is 4.98 Å². The number of rotatable bonds is 4. The summed E-state index contributed by atoms with van der Waals surface area (Å²) in [4.78, 5) is 4.49. The average molecular weight is 223 g/mol. The van der Waals surface area contributed by atoms with E-state index in [-0.39, 0.29) is 6.61 Å². The molecule has 1 N–H and O–H groups in total. The second kappa shape index (κ2) is 4.59. The lowest BCUT2D eigenvalue weighted by atomic mass is 10.3. The molecule has 0 radical (unpaired) electrons. The number of hydrogen-bond acceptors (Lipinski definition) is 4. The van der Waals surface area contributed by atoms with E-state index in [0.717, 1.165) is 29.1 Å². The maximum atomic E-state index is 8.74. The van der Waals surface area contributed by atoms with Gasteiger partial charge in [0.2, 0.25) is 0 Å². The minimum atomic E-state index is 0.221. The molecule has 0 atom stereocenters. The highest BCUT2D eigenvalue weighted by molar-refractivity contribution is 7.18. The fraction of sp³-hybridized carbons (Fsp3) is 0.364. The molecule has 0 unspecified atom stereocenters. The van der Waals surface area contributed by atoms with Crippen LogP contribution in [0.25, 0.3) is 10.2 Å². The Labute approximate surface area is 92.3 Å². The third-order valence-corrected chi connectivity index (χ3v) is 3.28. The SMILES string of the molecule is COc1ccc2sc(CCCO)nc2c1. The van der Waals surface area contributed by atoms with E-state index in [1.165, 1.54) is 4.70 Å². The van der Waals surface area contributed by atoms with Crippen molar-refractivity contribution in [1.29, 1.82) is 0 Å². The smallest absolute Gasteiger partial charge is 0.121 e. The second-order valence-electron chi connectivity index (χ2n) is 3.27. The third-order valence-electron chi connectivity index (χ3n) is 2.19. The Morgan fingerprint density at radius 2 is 2.33 bits per heavy atom. The highest BCUT2D eigenvalue weighted by Crippen LogP contribution is 2.26. The summed E-state index contributed by atoms with van der Waals surface area (Å²) in [5.74, 6) is 0.835. The van der Waals surface area contributed by atoms with Gasteiger partial charge in [0.15, 0.2) is 0 Å². The van der Waals surface area contributed by atoms with Crippen molar-refractivity contribution in [2.45, 2.75) is 12.8 Å². The molecule has 0 amide bonds. The zero-order valence-corrected chi connectivity index (χ0v) is 9.38. The number of ether oxygens (including phenoxy) is 1. The molecule has 15 heavy (non-hydrogen) atoms. The Balaban J connectivity index is 2.29. The van der Waals surface area contributed by atoms with Gasteiger partial charge in [0.25, 0.3) is 0 Å². The molecule has 4 heteroatoms. The van der Waals surface area contributed by atoms with Crippen LogP contribution in [0.15, 0.2) is 18.2 Å². The number of aryl methyl sites for hydroxylation is 1. The summed E-state index contributed by atoms with van der Waals surface area (Å²) in [6, 6.07) is 5.90. The van der Waals surface area contributed by atoms with E-state index in [1.807, 2.05) is 18.2 Å². The number of nitrogens with zero attached hydrogens (tertiary/aromatic N) is 1. The van der Waals surface area contributed by atoms with Gasteiger partial charge in [-0.2, -0.15) is 0 Å². The molecule has 1 heterocycles. The van der Waals surface area contributed by atoms with Crippen molar-refractivity contribution < 1.29 is 9.84 Å². The number of hydrogen-bond donors (Lipinski definition) is 1. The molecule has 0 aliphatic heterocycles. The third kappa shape index (κ3) is 2.27. The Morgan fingerprint density at radius 3 is 3.07 bits per heavy atom. The maximum absolute atomic E-state index is 8.74. The van der Waals surface area contributed by atoms with Gasteiger partial charge >= 0.3 is 0 Å². The topological polar surface area (TPSA) is 42.4 Å². The summed E-state index contributed by atoms with van der Waals surface area (Å²) in [6.07, 6.45) is 1.62. The Bertz CT molecular complexity index is 453. The van der Waals surface area contributed by atoms with Gasteiger partial charge in [0.1, 0.15) is 5.75 Å². The molecule has 1 aromatic carbocycles. The number of aliphatic hydroxyl groups is 1. The van der Waals surface area contributed by atoms with Crippen LogP contribution in [0.2, 0.25) is 0 Å². The van der Waals surface area contributed by atoms with Gasteiger partial charge in [0, 0.05) is 19.1 Å². The van der Waals surface area contributed by atoms with Crippen molar-refractivity contribution in [1.82, 2.24) is 4.98 Å². The zero-order valence-electron chi connectivity index (χ0n) is 8.56. The standard InChI is InChI=1S/C11H13NO2S/c1-14-8-4-5-10-9(7-8)12-11(15-10)3-2-6-13/h4-5,7,13H,2-3,6H2,1H3. The van der Waals surface area contributed by atoms with Crippen molar-refractivity contribution in [3.05, 3.63) is 23.2 Å². The minimum absolute atomic E-state index is 0.221. The Hall–Kier alpha value is -1.13. The van der Waals surface area contributed by atoms with Crippen molar-refractivity contribution in [3.63, 3.8) is 0 Å². The van der Waals surface area contributed by atoms with E-state index in [4.69, 9.17) is 9.84 Å². The normalized spacial score (nSPS) is 10.8. The number of benzene rings is 1. The summed E-state index contributed by atoms with van der Waals surface area (Å²) >= 11 is 1.68. The van der Waals surface area contributed by atoms with Crippen LogP contribution in [0.3, 0.4) is 0 Å². The summed E-state index contributed by atoms with van der Waals surface area (Å²) in [5.41, 5.74) is 0.979. The molecule has 0 saturated heterocycles. The summed E-state index contributed by atoms with van der Waals surface area (Å²) in [5, 5.41) is 9.82. The van der Waals surface area contributed by atoms with Crippen molar-refractivity contribution in [2.24, 2.45) is 0 Å². The predicted molar refractivity (Wildman–Crippen MR) is 61.6 cm³/mol. The van der Waals surface area contributed by atoms with Crippen LogP contribution in [-0.4, -0.2) is 23.8 Å². The quantitative estimate of drug-likeness (QED) is 0.864. The van der Waals surface area contributed by atoms with Crippen LogP contribution in [0, 0.1) is 0 Å². The van der Waals surface area contributed by atoms with Gasteiger partial charge in [-0.15, -0.1) is 11.3 Å². The maximum Gasteiger partial charge on any atom is 0.121 e. The van der Waals surface area contributed by atoms with E-state index >= 15 is 0 Å². The van der Waals surface area contributed by atoms with Crippen molar-refractivity contribution >= 4 is 21.6 Å². The lowest BCUT2D eigenvalue weighted by molar-refractivity contribution is 0.288. The van der Waals surface area contributed by atoms with Gasteiger partial charge in [0.05, 0.1) is 22.3 Å². The monoisotopic (exact) mass is 223 g/mol. The van der Waals surface area contributed by atoms with E-state index < -0.39 is 0 Å². The molecular weight excluding hydrogens is 210 g/mol. The van der Waals surface area contributed by atoms with E-state index in [1.54, 1.807) is 18.4 Å². The van der Waals surface area contributed by atoms with Crippen molar-refractivity contribution in [2.75, 3.05) is 13.7 Å². The fourth-order valence-corrected chi connectivity index (χ4v) is 2.41. The molecule has 0 aliphatic rings. The molecule has 0 spiro atoms. The van der Waals surface area contributed by atoms with Gasteiger partial charge < -0.3 is 9.84 Å². The summed E-state index contributed by atoms with van der Waals surface area (Å²) < 4.78 is 6.31. The molecule has 1 aromatic heterocycles. The zero-order chi connectivity index (χ0) is 10.7. The fourth-order valence-electron chi connectivity index (χ4n) is 1.42. The first-order chi connectivity index (χ1) is 7.33. The molecule has 0 saturated carbocycles. The number of fused-ring (bicyclic) bond motifs is 1. The first kappa shape index (κ1) is 10.4. The molecule has 3 nitrogen and oxygen atoms in total. The van der Waals surface area contributed by atoms with Crippen LogP contribution in [-0.2, 0) is 6.42 Å². The highest BCUT2D eigenvalue weighted by Gasteiger charge is 2.04. The van der Waals surface area contributed by atoms with E-state index in [9.17, 15) is 0 Å². The van der Waals surface area contributed by atoms with Gasteiger partial charge in [-0.3, -0.25) is 0 Å². The number of aromatic nitrogens is 1. The first-order valence-electron chi connectivity index (χ1n) is 4.88. The van der Waals surface area contributed by atoms with E-state index in [2.05, 4.69) is 4.98 Å². The minimum Gasteiger partial charge on any atom is -0.497 e. The first-order valence-corrected chi connectivity index (χ1v) is 5.69. The summed E-state index contributed by atoms with van der Waals surface area (Å²) in [6.45, 7) is 0.221. The second-order valence-corrected chi connectivity index (χ2v) is 4.38. The lowest BCUT2D eigenvalue weighted by Crippen LogP contribution is -1.87. The Kier molecular flexibility index (Phi) is 3.18. The van der Waals surface area contributed by atoms with Crippen LogP contribution in [0.4, 0.5) is 0 Å². The van der Waals surface area contributed by atoms with Gasteiger partial charge in [-0.05, 0) is 18.6 Å². The van der Waals surface area contributed by atoms with Crippen LogP contribution in [0.1, 0.15) is 11.4 Å². The molecule has 0 fully saturated rings. The lowest BCUT2D eigenvalue weighted by Gasteiger charge is -1.96. The molecule has 0 aliphatic carbocycles. The molecular formula is C11H13NO2S. The molecule has 2 aromatic rings. The number of methoxy groups -OCH3 is 1. The van der Waals surface area contributed by atoms with Crippen LogP contribution < -0.4 is 4.74 Å². The Morgan fingerprint density at radius 1 is 1.47 bits per heavy atom. The molecule has 80 valence electrons. The van der Waals surface area contributed by atoms with Crippen molar-refractivity contribution in [3.8, 4) is 5.75 Å². The van der Waals surface area contributed by atoms with E-state index in [0.29, 0.717) is 0 Å². The predicted octanol–water partition coefficient (Wildman–Crippen LogP) is 2.23. The highest BCUT2D eigenvalue weighted by atomic mass is 32.1. The summed E-state index contributed by atoms with van der Waals surface area (Å²) in [7, 11) is 1.65. The average Bonchev–Trinajstić information content (AvgIpc) is 2.67. The molecule has 2 rings (SSSR count). The molecule has 0 bridgehead atoms. The van der Waals surface area contributed by atoms with Gasteiger partial charge in [-0.1, -0.05) is 0 Å². The largest absolute Gasteiger partial charge is 0.497 e.